The molecule has 0 spiro atoms. The molecule has 0 radical (unpaired) electrons. The van der Waals surface area contributed by atoms with E-state index in [1.807, 2.05) is 42.5 Å². The first kappa shape index (κ1) is 16.6. The Kier molecular flexibility index (Phi) is 4.75. The second-order valence-corrected chi connectivity index (χ2v) is 5.76. The molecule has 0 aliphatic carbocycles. The maximum absolute atomic E-state index is 12.9. The Labute approximate surface area is 143 Å². The van der Waals surface area contributed by atoms with Gasteiger partial charge < -0.3 is 10.4 Å². The van der Waals surface area contributed by atoms with Gasteiger partial charge in [-0.3, -0.25) is 4.79 Å². The van der Waals surface area contributed by atoms with Crippen molar-refractivity contribution >= 4 is 22.6 Å². The molecule has 3 rings (SSSR count). The van der Waals surface area contributed by atoms with Gasteiger partial charge in [0.05, 0.1) is 0 Å². The van der Waals surface area contributed by atoms with Crippen LogP contribution in [0, 0.1) is 5.82 Å². The molecule has 0 aliphatic heterocycles. The van der Waals surface area contributed by atoms with Crippen molar-refractivity contribution in [1.29, 1.82) is 0 Å². The molecule has 0 heterocycles. The van der Waals surface area contributed by atoms with Crippen LogP contribution in [0.4, 0.5) is 4.39 Å². The fraction of sp³-hybridized carbons (Fsp3) is 0.100. The number of halogens is 1. The van der Waals surface area contributed by atoms with Gasteiger partial charge in [-0.1, -0.05) is 42.5 Å². The van der Waals surface area contributed by atoms with E-state index in [1.54, 1.807) is 0 Å². The van der Waals surface area contributed by atoms with Crippen LogP contribution in [-0.2, 0) is 11.2 Å². The molecule has 25 heavy (non-hydrogen) atoms. The lowest BCUT2D eigenvalue weighted by atomic mass is 10.0. The summed E-state index contributed by atoms with van der Waals surface area (Å²) in [7, 11) is 0. The van der Waals surface area contributed by atoms with Crippen LogP contribution in [0.15, 0.2) is 66.7 Å². The van der Waals surface area contributed by atoms with E-state index >= 15 is 0 Å². The Bertz CT molecular complexity index is 922. The number of nitrogens with one attached hydrogen (secondary N) is 1. The van der Waals surface area contributed by atoms with Crippen molar-refractivity contribution in [3.05, 3.63) is 83.7 Å². The summed E-state index contributed by atoms with van der Waals surface area (Å²) < 4.78 is 12.9. The first-order valence-electron chi connectivity index (χ1n) is 7.80. The molecule has 4 nitrogen and oxygen atoms in total. The molecular formula is C20H16FNO3. The zero-order valence-electron chi connectivity index (χ0n) is 13.3. The molecule has 2 N–H and O–H groups in total. The summed E-state index contributed by atoms with van der Waals surface area (Å²) in [6.45, 7) is 0. The Hall–Kier alpha value is -3.21. The van der Waals surface area contributed by atoms with Crippen molar-refractivity contribution in [3.63, 3.8) is 0 Å². The van der Waals surface area contributed by atoms with Crippen LogP contribution < -0.4 is 5.32 Å². The maximum Gasteiger partial charge on any atom is 0.326 e. The minimum absolute atomic E-state index is 0.160. The van der Waals surface area contributed by atoms with Crippen molar-refractivity contribution in [1.82, 2.24) is 5.32 Å². The molecule has 5 heteroatoms. The van der Waals surface area contributed by atoms with Crippen LogP contribution in [0.5, 0.6) is 0 Å². The van der Waals surface area contributed by atoms with E-state index in [1.165, 1.54) is 12.1 Å². The van der Waals surface area contributed by atoms with Gasteiger partial charge in [-0.05, 0) is 40.6 Å². The van der Waals surface area contributed by atoms with Gasteiger partial charge in [0.25, 0.3) is 5.91 Å². The van der Waals surface area contributed by atoms with Gasteiger partial charge in [-0.2, -0.15) is 0 Å². The second kappa shape index (κ2) is 7.13. The van der Waals surface area contributed by atoms with Gasteiger partial charge in [0.15, 0.2) is 0 Å². The minimum atomic E-state index is -1.12. The maximum atomic E-state index is 12.9. The van der Waals surface area contributed by atoms with Crippen LogP contribution >= 0.6 is 0 Å². The SMILES string of the molecule is O=C(N[C@H](Cc1ccc2ccccc2c1)C(=O)O)c1ccc(F)cc1. The summed E-state index contributed by atoms with van der Waals surface area (Å²) >= 11 is 0. The number of amides is 1. The second-order valence-electron chi connectivity index (χ2n) is 5.76. The summed E-state index contributed by atoms with van der Waals surface area (Å²) in [5.41, 5.74) is 1.02. The van der Waals surface area contributed by atoms with Crippen molar-refractivity contribution in [3.8, 4) is 0 Å². The van der Waals surface area contributed by atoms with Crippen LogP contribution in [0.1, 0.15) is 15.9 Å². The summed E-state index contributed by atoms with van der Waals surface area (Å²) in [5.74, 6) is -2.13. The smallest absolute Gasteiger partial charge is 0.326 e. The first-order chi connectivity index (χ1) is 12.0. The zero-order chi connectivity index (χ0) is 17.8. The fourth-order valence-electron chi connectivity index (χ4n) is 2.64. The molecule has 0 fully saturated rings. The average molecular weight is 337 g/mol. The zero-order valence-corrected chi connectivity index (χ0v) is 13.3. The molecule has 3 aromatic carbocycles. The number of aliphatic carboxylic acids is 1. The van der Waals surface area contributed by atoms with Crippen molar-refractivity contribution in [2.75, 3.05) is 0 Å². The summed E-state index contributed by atoms with van der Waals surface area (Å²) in [6, 6.07) is 17.3. The minimum Gasteiger partial charge on any atom is -0.480 e. The number of carbonyl (C=O) groups excluding carboxylic acids is 1. The number of fused-ring (bicyclic) bond motifs is 1. The molecule has 126 valence electrons. The Morgan fingerprint density at radius 2 is 1.64 bits per heavy atom. The Morgan fingerprint density at radius 3 is 2.32 bits per heavy atom. The van der Waals surface area contributed by atoms with Gasteiger partial charge in [0.2, 0.25) is 0 Å². The number of benzene rings is 3. The molecule has 0 aliphatic rings. The van der Waals surface area contributed by atoms with E-state index in [0.29, 0.717) is 0 Å². The van der Waals surface area contributed by atoms with Crippen LogP contribution in [0.3, 0.4) is 0 Å². The number of carboxylic acids is 1. The first-order valence-corrected chi connectivity index (χ1v) is 7.80. The Balaban J connectivity index is 1.77. The van der Waals surface area contributed by atoms with E-state index in [0.717, 1.165) is 28.5 Å². The monoisotopic (exact) mass is 337 g/mol. The summed E-state index contributed by atoms with van der Waals surface area (Å²) in [6.07, 6.45) is 0.160. The summed E-state index contributed by atoms with van der Waals surface area (Å²) in [5, 5.41) is 14.0. The lowest BCUT2D eigenvalue weighted by Crippen LogP contribution is -2.42. The highest BCUT2D eigenvalue weighted by atomic mass is 19.1. The van der Waals surface area contributed by atoms with Crippen molar-refractivity contribution < 1.29 is 19.1 Å². The molecule has 1 atom stereocenters. The standard InChI is InChI=1S/C20H16FNO3/c21-17-9-7-15(8-10-17)19(23)22-18(20(24)25)12-13-5-6-14-3-1-2-4-16(14)11-13/h1-11,18H,12H2,(H,22,23)(H,24,25)/t18-/m1/s1. The quantitative estimate of drug-likeness (QED) is 0.750. The number of carbonyl (C=O) groups is 2. The molecule has 0 saturated heterocycles. The van der Waals surface area contributed by atoms with Gasteiger partial charge in [-0.25, -0.2) is 9.18 Å². The predicted molar refractivity (Wildman–Crippen MR) is 92.9 cm³/mol. The van der Waals surface area contributed by atoms with Crippen molar-refractivity contribution in [2.24, 2.45) is 0 Å². The van der Waals surface area contributed by atoms with Gasteiger partial charge >= 0.3 is 5.97 Å². The summed E-state index contributed by atoms with van der Waals surface area (Å²) in [4.78, 5) is 23.7. The van der Waals surface area contributed by atoms with E-state index in [4.69, 9.17) is 0 Å². The molecule has 3 aromatic rings. The number of hydrogen-bond acceptors (Lipinski definition) is 2. The predicted octanol–water partition coefficient (Wildman–Crippen LogP) is 3.40. The molecule has 1 amide bonds. The molecule has 0 unspecified atom stereocenters. The fourth-order valence-corrected chi connectivity index (χ4v) is 2.64. The van der Waals surface area contributed by atoms with Crippen LogP contribution in [-0.4, -0.2) is 23.0 Å². The third kappa shape index (κ3) is 4.01. The van der Waals surface area contributed by atoms with E-state index in [9.17, 15) is 19.1 Å². The molecular weight excluding hydrogens is 321 g/mol. The van der Waals surface area contributed by atoms with Gasteiger partial charge in [0.1, 0.15) is 11.9 Å². The average Bonchev–Trinajstić information content (AvgIpc) is 2.61. The number of carboxylic acid groups (broad SMARTS) is 1. The Morgan fingerprint density at radius 1 is 0.960 bits per heavy atom. The number of rotatable bonds is 5. The topological polar surface area (TPSA) is 66.4 Å². The highest BCUT2D eigenvalue weighted by Crippen LogP contribution is 2.17. The van der Waals surface area contributed by atoms with E-state index in [-0.39, 0.29) is 12.0 Å². The van der Waals surface area contributed by atoms with Crippen molar-refractivity contribution in [2.45, 2.75) is 12.5 Å². The van der Waals surface area contributed by atoms with E-state index in [2.05, 4.69) is 5.32 Å². The van der Waals surface area contributed by atoms with Gasteiger partial charge in [0, 0.05) is 12.0 Å². The number of hydrogen-bond donors (Lipinski definition) is 2. The molecule has 0 aromatic heterocycles. The highest BCUT2D eigenvalue weighted by molar-refractivity contribution is 5.96. The highest BCUT2D eigenvalue weighted by Gasteiger charge is 2.21. The van der Waals surface area contributed by atoms with Crippen LogP contribution in [0.25, 0.3) is 10.8 Å². The third-order valence-corrected chi connectivity index (χ3v) is 3.96. The third-order valence-electron chi connectivity index (χ3n) is 3.96. The normalized spacial score (nSPS) is 11.9. The van der Waals surface area contributed by atoms with Gasteiger partial charge in [-0.15, -0.1) is 0 Å². The van der Waals surface area contributed by atoms with E-state index < -0.39 is 23.7 Å². The van der Waals surface area contributed by atoms with Crippen LogP contribution in [0.2, 0.25) is 0 Å². The lowest BCUT2D eigenvalue weighted by molar-refractivity contribution is -0.139. The largest absolute Gasteiger partial charge is 0.480 e. The molecule has 0 saturated carbocycles. The lowest BCUT2D eigenvalue weighted by Gasteiger charge is -2.15. The molecule has 0 bridgehead atoms.